The second-order valence-corrected chi connectivity index (χ2v) is 5.23. The van der Waals surface area contributed by atoms with Crippen LogP contribution in [0.15, 0.2) is 41.1 Å². The quantitative estimate of drug-likeness (QED) is 0.816. The minimum absolute atomic E-state index is 0.497. The maximum Gasteiger partial charge on any atom is 0.120 e. The number of pyridine rings is 1. The smallest absolute Gasteiger partial charge is 0.120 e. The topological polar surface area (TPSA) is 22.1 Å². The zero-order chi connectivity index (χ0) is 13.0. The van der Waals surface area contributed by atoms with E-state index in [1.54, 1.807) is 12.4 Å². The molecule has 94 valence electrons. The Kier molecular flexibility index (Phi) is 4.61. The molecule has 2 nitrogen and oxygen atoms in total. The summed E-state index contributed by atoms with van der Waals surface area (Å²) in [6.07, 6.45) is 4.44. The molecule has 0 spiro atoms. The molecule has 0 saturated heterocycles. The summed E-state index contributed by atoms with van der Waals surface area (Å²) in [6.45, 7) is 2.57. The molecule has 0 N–H and O–H groups in total. The van der Waals surface area contributed by atoms with Crippen molar-refractivity contribution < 1.29 is 4.74 Å². The lowest BCUT2D eigenvalue weighted by atomic mass is 10.1. The van der Waals surface area contributed by atoms with Crippen LogP contribution in [0.25, 0.3) is 0 Å². The monoisotopic (exact) mass is 325 g/mol. The van der Waals surface area contributed by atoms with Crippen molar-refractivity contribution in [2.24, 2.45) is 0 Å². The molecule has 0 amide bonds. The summed E-state index contributed by atoms with van der Waals surface area (Å²) >= 11 is 9.45. The van der Waals surface area contributed by atoms with Gasteiger partial charge < -0.3 is 4.74 Å². The van der Waals surface area contributed by atoms with Gasteiger partial charge in [-0.15, -0.1) is 0 Å². The molecule has 4 heteroatoms. The third-order valence-electron chi connectivity index (χ3n) is 2.57. The van der Waals surface area contributed by atoms with E-state index in [2.05, 4.69) is 27.8 Å². The Bertz CT molecular complexity index is 545. The zero-order valence-corrected chi connectivity index (χ0v) is 12.3. The number of rotatable bonds is 4. The number of nitrogens with zero attached hydrogens (tertiary/aromatic N) is 1. The average Bonchev–Trinajstić information content (AvgIpc) is 2.38. The van der Waals surface area contributed by atoms with Crippen LogP contribution in [0.5, 0.6) is 5.75 Å². The summed E-state index contributed by atoms with van der Waals surface area (Å²) in [5.74, 6) is 0.830. The van der Waals surface area contributed by atoms with Gasteiger partial charge in [-0.1, -0.05) is 18.5 Å². The lowest BCUT2D eigenvalue weighted by Crippen LogP contribution is -1.97. The second kappa shape index (κ2) is 6.21. The number of ether oxygens (including phenoxy) is 1. The fraction of sp³-hybridized carbons (Fsp3) is 0.214. The molecule has 0 aliphatic rings. The summed E-state index contributed by atoms with van der Waals surface area (Å²) in [6, 6.07) is 7.72. The molecule has 2 aromatic rings. The number of halogens is 2. The van der Waals surface area contributed by atoms with Gasteiger partial charge in [-0.25, -0.2) is 0 Å². The molecular weight excluding hydrogens is 314 g/mol. The molecule has 1 aromatic heterocycles. The van der Waals surface area contributed by atoms with Crippen molar-refractivity contribution in [2.75, 3.05) is 0 Å². The molecule has 18 heavy (non-hydrogen) atoms. The molecule has 0 atom stereocenters. The van der Waals surface area contributed by atoms with E-state index in [1.165, 1.54) is 0 Å². The van der Waals surface area contributed by atoms with E-state index >= 15 is 0 Å². The van der Waals surface area contributed by atoms with Gasteiger partial charge in [-0.3, -0.25) is 4.98 Å². The minimum Gasteiger partial charge on any atom is -0.489 e. The number of hydrogen-bond donors (Lipinski definition) is 0. The first-order valence-corrected chi connectivity index (χ1v) is 6.87. The number of benzene rings is 1. The van der Waals surface area contributed by atoms with Crippen LogP contribution < -0.4 is 4.74 Å². The second-order valence-electron chi connectivity index (χ2n) is 3.91. The van der Waals surface area contributed by atoms with Gasteiger partial charge in [0.05, 0.1) is 0 Å². The van der Waals surface area contributed by atoms with E-state index in [9.17, 15) is 0 Å². The standard InChI is InChI=1S/C14H13BrClNO/c1-2-11-6-13(3-4-14(11)16)18-9-10-5-12(15)8-17-7-10/h3-8H,2,9H2,1H3. The van der Waals surface area contributed by atoms with Gasteiger partial charge in [0.25, 0.3) is 0 Å². The molecule has 1 aromatic carbocycles. The third kappa shape index (κ3) is 3.47. The van der Waals surface area contributed by atoms with Crippen molar-refractivity contribution in [1.29, 1.82) is 0 Å². The summed E-state index contributed by atoms with van der Waals surface area (Å²) in [7, 11) is 0. The fourth-order valence-corrected chi connectivity index (χ4v) is 2.28. The van der Waals surface area contributed by atoms with E-state index in [1.807, 2.05) is 24.3 Å². The van der Waals surface area contributed by atoms with Gasteiger partial charge in [0.15, 0.2) is 0 Å². The summed E-state index contributed by atoms with van der Waals surface area (Å²) in [5, 5.41) is 0.786. The Balaban J connectivity index is 2.06. The normalized spacial score (nSPS) is 10.4. The lowest BCUT2D eigenvalue weighted by molar-refractivity contribution is 0.305. The molecular formula is C14H13BrClNO. The van der Waals surface area contributed by atoms with E-state index in [4.69, 9.17) is 16.3 Å². The Morgan fingerprint density at radius 1 is 1.28 bits per heavy atom. The number of aromatic nitrogens is 1. The van der Waals surface area contributed by atoms with E-state index in [0.29, 0.717) is 6.61 Å². The molecule has 0 unspecified atom stereocenters. The molecule has 0 aliphatic carbocycles. The van der Waals surface area contributed by atoms with Crippen LogP contribution in [0.1, 0.15) is 18.1 Å². The Labute approximate surface area is 120 Å². The van der Waals surface area contributed by atoms with Gasteiger partial charge in [0.1, 0.15) is 12.4 Å². The van der Waals surface area contributed by atoms with Crippen LogP contribution in [-0.2, 0) is 13.0 Å². The highest BCUT2D eigenvalue weighted by molar-refractivity contribution is 9.10. The first-order valence-electron chi connectivity index (χ1n) is 5.69. The lowest BCUT2D eigenvalue weighted by Gasteiger charge is -2.08. The molecule has 0 bridgehead atoms. The van der Waals surface area contributed by atoms with Gasteiger partial charge in [0.2, 0.25) is 0 Å². The molecule has 2 rings (SSSR count). The van der Waals surface area contributed by atoms with Crippen molar-refractivity contribution in [1.82, 2.24) is 4.98 Å². The number of hydrogen-bond acceptors (Lipinski definition) is 2. The van der Waals surface area contributed by atoms with Crippen LogP contribution in [0.4, 0.5) is 0 Å². The molecule has 0 saturated carbocycles. The van der Waals surface area contributed by atoms with Crippen LogP contribution in [0.2, 0.25) is 5.02 Å². The van der Waals surface area contributed by atoms with Crippen LogP contribution in [0.3, 0.4) is 0 Å². The maximum atomic E-state index is 6.06. The van der Waals surface area contributed by atoms with Gasteiger partial charge in [0, 0.05) is 27.5 Å². The van der Waals surface area contributed by atoms with Crippen molar-refractivity contribution in [3.8, 4) is 5.75 Å². The first-order chi connectivity index (χ1) is 8.69. The summed E-state index contributed by atoms with van der Waals surface area (Å²) in [5.41, 5.74) is 2.12. The van der Waals surface area contributed by atoms with Crippen LogP contribution in [-0.4, -0.2) is 4.98 Å². The summed E-state index contributed by atoms with van der Waals surface area (Å²) in [4.78, 5) is 4.10. The largest absolute Gasteiger partial charge is 0.489 e. The highest BCUT2D eigenvalue weighted by Crippen LogP contribution is 2.23. The average molecular weight is 327 g/mol. The molecule has 0 radical (unpaired) electrons. The zero-order valence-electron chi connectivity index (χ0n) is 9.99. The van der Waals surface area contributed by atoms with Crippen LogP contribution >= 0.6 is 27.5 Å². The maximum absolute atomic E-state index is 6.06. The van der Waals surface area contributed by atoms with Gasteiger partial charge in [-0.05, 0) is 52.2 Å². The fourth-order valence-electron chi connectivity index (χ4n) is 1.61. The highest BCUT2D eigenvalue weighted by Gasteiger charge is 2.02. The van der Waals surface area contributed by atoms with Crippen LogP contribution in [0, 0.1) is 0 Å². The molecule has 1 heterocycles. The van der Waals surface area contributed by atoms with E-state index in [0.717, 1.165) is 32.8 Å². The molecule has 0 fully saturated rings. The van der Waals surface area contributed by atoms with Crippen molar-refractivity contribution in [3.63, 3.8) is 0 Å². The van der Waals surface area contributed by atoms with Crippen molar-refractivity contribution in [3.05, 3.63) is 57.3 Å². The minimum atomic E-state index is 0.497. The highest BCUT2D eigenvalue weighted by atomic mass is 79.9. The first kappa shape index (κ1) is 13.4. The van der Waals surface area contributed by atoms with Crippen molar-refractivity contribution >= 4 is 27.5 Å². The SMILES string of the molecule is CCc1cc(OCc2cncc(Br)c2)ccc1Cl. The summed E-state index contributed by atoms with van der Waals surface area (Å²) < 4.78 is 6.68. The Morgan fingerprint density at radius 2 is 2.11 bits per heavy atom. The predicted molar refractivity (Wildman–Crippen MR) is 77.1 cm³/mol. The molecule has 0 aliphatic heterocycles. The number of aryl methyl sites for hydroxylation is 1. The van der Waals surface area contributed by atoms with Gasteiger partial charge in [-0.2, -0.15) is 0 Å². The Morgan fingerprint density at radius 3 is 2.83 bits per heavy atom. The van der Waals surface area contributed by atoms with Crippen molar-refractivity contribution in [2.45, 2.75) is 20.0 Å². The third-order valence-corrected chi connectivity index (χ3v) is 3.37. The predicted octanol–water partition coefficient (Wildman–Crippen LogP) is 4.64. The van der Waals surface area contributed by atoms with Gasteiger partial charge >= 0.3 is 0 Å². The Hall–Kier alpha value is -1.06. The van der Waals surface area contributed by atoms with E-state index in [-0.39, 0.29) is 0 Å². The van der Waals surface area contributed by atoms with E-state index < -0.39 is 0 Å².